The molecule has 0 spiro atoms. The number of likely N-dealkylation sites (tertiary alicyclic amines) is 1. The Morgan fingerprint density at radius 1 is 0.846 bits per heavy atom. The largest absolute Gasteiger partial charge is 0.425 e. The van der Waals surface area contributed by atoms with E-state index in [9.17, 15) is 4.79 Å². The van der Waals surface area contributed by atoms with Crippen LogP contribution >= 0.6 is 0 Å². The number of hydrogen-bond donors (Lipinski definition) is 1. The quantitative estimate of drug-likeness (QED) is 0.870. The van der Waals surface area contributed by atoms with Crippen LogP contribution in [-0.2, 0) is 0 Å². The van der Waals surface area contributed by atoms with Gasteiger partial charge in [0.25, 0.3) is 0 Å². The van der Waals surface area contributed by atoms with Crippen molar-refractivity contribution in [1.82, 2.24) is 20.4 Å². The van der Waals surface area contributed by atoms with E-state index in [2.05, 4.69) is 15.5 Å². The van der Waals surface area contributed by atoms with E-state index in [0.717, 1.165) is 44.0 Å². The van der Waals surface area contributed by atoms with Gasteiger partial charge in [0.05, 0.1) is 5.92 Å². The normalized spacial score (nSPS) is 26.0. The third kappa shape index (κ3) is 4.21. The number of rotatable bonds is 3. The Kier molecular flexibility index (Phi) is 5.75. The van der Waals surface area contributed by atoms with Gasteiger partial charge in [-0.1, -0.05) is 38.5 Å². The van der Waals surface area contributed by atoms with Crippen molar-refractivity contribution in [2.24, 2.45) is 0 Å². The van der Waals surface area contributed by atoms with Crippen LogP contribution in [0.4, 0.5) is 4.79 Å². The number of aromatic nitrogens is 2. The summed E-state index contributed by atoms with van der Waals surface area (Å²) >= 11 is 0. The van der Waals surface area contributed by atoms with Crippen molar-refractivity contribution >= 4 is 6.03 Å². The highest BCUT2D eigenvalue weighted by molar-refractivity contribution is 5.74. The molecule has 2 amide bonds. The molecule has 1 aromatic rings. The summed E-state index contributed by atoms with van der Waals surface area (Å²) in [6.07, 6.45) is 14.2. The van der Waals surface area contributed by atoms with Gasteiger partial charge in [-0.05, 0) is 38.5 Å². The molecule has 6 heteroatoms. The van der Waals surface area contributed by atoms with Gasteiger partial charge in [0.2, 0.25) is 11.8 Å². The highest BCUT2D eigenvalue weighted by Crippen LogP contribution is 2.34. The summed E-state index contributed by atoms with van der Waals surface area (Å²) in [6.45, 7) is 1.53. The van der Waals surface area contributed by atoms with Gasteiger partial charge < -0.3 is 14.6 Å². The Morgan fingerprint density at radius 3 is 2.19 bits per heavy atom. The van der Waals surface area contributed by atoms with Crippen LogP contribution in [0.5, 0.6) is 0 Å². The molecular formula is C20H32N4O2. The summed E-state index contributed by atoms with van der Waals surface area (Å²) < 4.78 is 6.06. The maximum atomic E-state index is 12.6. The topological polar surface area (TPSA) is 71.3 Å². The van der Waals surface area contributed by atoms with Gasteiger partial charge >= 0.3 is 6.03 Å². The van der Waals surface area contributed by atoms with E-state index >= 15 is 0 Å². The lowest BCUT2D eigenvalue weighted by Crippen LogP contribution is -2.48. The van der Waals surface area contributed by atoms with Crippen LogP contribution in [0, 0.1) is 0 Å². The second-order valence-corrected chi connectivity index (χ2v) is 8.38. The average molecular weight is 361 g/mol. The maximum Gasteiger partial charge on any atom is 0.317 e. The third-order valence-corrected chi connectivity index (χ3v) is 6.40. The number of carbonyl (C=O) groups is 1. The van der Waals surface area contributed by atoms with Crippen molar-refractivity contribution in [3.05, 3.63) is 11.8 Å². The lowest BCUT2D eigenvalue weighted by Gasteiger charge is -2.33. The van der Waals surface area contributed by atoms with Crippen molar-refractivity contribution in [2.75, 3.05) is 13.1 Å². The van der Waals surface area contributed by atoms with E-state index in [1.807, 2.05) is 4.90 Å². The molecule has 2 heterocycles. The van der Waals surface area contributed by atoms with E-state index in [-0.39, 0.29) is 11.9 Å². The molecule has 0 radical (unpaired) electrons. The van der Waals surface area contributed by atoms with Crippen molar-refractivity contribution < 1.29 is 9.21 Å². The molecule has 2 aliphatic carbocycles. The number of nitrogens with zero attached hydrogens (tertiary/aromatic N) is 3. The van der Waals surface area contributed by atoms with Crippen molar-refractivity contribution in [3.63, 3.8) is 0 Å². The van der Waals surface area contributed by atoms with Crippen LogP contribution in [0.15, 0.2) is 4.42 Å². The molecule has 3 fully saturated rings. The summed E-state index contributed by atoms with van der Waals surface area (Å²) in [5.41, 5.74) is 0. The van der Waals surface area contributed by atoms with E-state index in [1.165, 1.54) is 51.4 Å². The van der Waals surface area contributed by atoms with Gasteiger partial charge in [0, 0.05) is 25.0 Å². The van der Waals surface area contributed by atoms with Crippen molar-refractivity contribution in [2.45, 2.75) is 94.9 Å². The molecule has 0 bridgehead atoms. The van der Waals surface area contributed by atoms with Crippen LogP contribution in [0.25, 0.3) is 0 Å². The SMILES string of the molecule is O=C(NC1CCCCC1)N1CCCC(c2nnc(C3CCCCC3)o2)C1. The number of carbonyl (C=O) groups excluding carboxylic acids is 1. The number of hydrogen-bond acceptors (Lipinski definition) is 4. The predicted octanol–water partition coefficient (Wildman–Crippen LogP) is 4.34. The Hall–Kier alpha value is -1.59. The molecule has 26 heavy (non-hydrogen) atoms. The van der Waals surface area contributed by atoms with Gasteiger partial charge in [-0.3, -0.25) is 0 Å². The zero-order chi connectivity index (χ0) is 17.8. The first-order chi connectivity index (χ1) is 12.8. The number of amides is 2. The molecule has 0 aromatic carbocycles. The van der Waals surface area contributed by atoms with Crippen LogP contribution in [-0.4, -0.2) is 40.3 Å². The van der Waals surface area contributed by atoms with Crippen LogP contribution < -0.4 is 5.32 Å². The number of nitrogens with one attached hydrogen (secondary N) is 1. The predicted molar refractivity (Wildman–Crippen MR) is 99.1 cm³/mol. The first-order valence-corrected chi connectivity index (χ1v) is 10.7. The lowest BCUT2D eigenvalue weighted by molar-refractivity contribution is 0.167. The first kappa shape index (κ1) is 17.8. The number of urea groups is 1. The molecule has 4 rings (SSSR count). The Bertz CT molecular complexity index is 590. The monoisotopic (exact) mass is 360 g/mol. The summed E-state index contributed by atoms with van der Waals surface area (Å²) in [5, 5.41) is 11.9. The first-order valence-electron chi connectivity index (χ1n) is 10.7. The highest BCUT2D eigenvalue weighted by Gasteiger charge is 2.30. The zero-order valence-corrected chi connectivity index (χ0v) is 15.8. The Balaban J connectivity index is 1.34. The molecule has 2 saturated carbocycles. The van der Waals surface area contributed by atoms with E-state index in [1.54, 1.807) is 0 Å². The molecule has 1 atom stereocenters. The molecule has 6 nitrogen and oxygen atoms in total. The van der Waals surface area contributed by atoms with Crippen molar-refractivity contribution in [3.8, 4) is 0 Å². The zero-order valence-electron chi connectivity index (χ0n) is 15.8. The van der Waals surface area contributed by atoms with E-state index in [0.29, 0.717) is 18.5 Å². The summed E-state index contributed by atoms with van der Waals surface area (Å²) in [5.74, 6) is 2.19. The highest BCUT2D eigenvalue weighted by atomic mass is 16.4. The van der Waals surface area contributed by atoms with Crippen LogP contribution in [0.2, 0.25) is 0 Å². The Labute approximate surface area is 156 Å². The molecule has 1 aliphatic heterocycles. The smallest absolute Gasteiger partial charge is 0.317 e. The van der Waals surface area contributed by atoms with Gasteiger partial charge in [-0.25, -0.2) is 4.79 Å². The van der Waals surface area contributed by atoms with E-state index < -0.39 is 0 Å². The molecule has 1 N–H and O–H groups in total. The third-order valence-electron chi connectivity index (χ3n) is 6.40. The lowest BCUT2D eigenvalue weighted by atomic mass is 9.89. The molecule has 1 saturated heterocycles. The molecule has 1 unspecified atom stereocenters. The molecule has 1 aromatic heterocycles. The second kappa shape index (κ2) is 8.40. The van der Waals surface area contributed by atoms with Gasteiger partial charge in [-0.15, -0.1) is 10.2 Å². The van der Waals surface area contributed by atoms with Gasteiger partial charge in [0.1, 0.15) is 0 Å². The molecular weight excluding hydrogens is 328 g/mol. The number of piperidine rings is 1. The minimum absolute atomic E-state index is 0.0913. The fourth-order valence-electron chi connectivity index (χ4n) is 4.80. The van der Waals surface area contributed by atoms with Gasteiger partial charge in [-0.2, -0.15) is 0 Å². The Morgan fingerprint density at radius 2 is 1.46 bits per heavy atom. The molecule has 144 valence electrons. The summed E-state index contributed by atoms with van der Waals surface area (Å²) in [7, 11) is 0. The standard InChI is InChI=1S/C20H32N4O2/c25-20(21-17-11-5-2-6-12-17)24-13-7-10-16(14-24)19-23-22-18(26-19)15-8-3-1-4-9-15/h15-17H,1-14H2,(H,21,25). The van der Waals surface area contributed by atoms with Crippen molar-refractivity contribution in [1.29, 1.82) is 0 Å². The fraction of sp³-hybridized carbons (Fsp3) is 0.850. The van der Waals surface area contributed by atoms with Gasteiger partial charge in [0.15, 0.2) is 0 Å². The summed E-state index contributed by atoms with van der Waals surface area (Å²) in [6, 6.07) is 0.451. The second-order valence-electron chi connectivity index (χ2n) is 8.38. The average Bonchev–Trinajstić information content (AvgIpc) is 3.20. The minimum Gasteiger partial charge on any atom is -0.425 e. The van der Waals surface area contributed by atoms with Crippen LogP contribution in [0.3, 0.4) is 0 Å². The van der Waals surface area contributed by atoms with Crippen LogP contribution in [0.1, 0.15) is 101 Å². The fourth-order valence-corrected chi connectivity index (χ4v) is 4.80. The minimum atomic E-state index is 0.0913. The molecule has 3 aliphatic rings. The maximum absolute atomic E-state index is 12.6. The summed E-state index contributed by atoms with van der Waals surface area (Å²) in [4.78, 5) is 14.6. The van der Waals surface area contributed by atoms with E-state index in [4.69, 9.17) is 4.42 Å².